The standard InChI is InChI=1S/C13H16O5S.C12H18O4/c1-10(2)13(14)17-8-9-18-19(15,16)12-6-4-11(3)5-7-12;1-5-7-15-12(14)10(4)8-16-11(13)9(3)6-2/h4-7H,1,8-9H2,2-3H3;8H,3,5-7H2,1-2,4H3. The number of rotatable bonds is 12. The van der Waals surface area contributed by atoms with Gasteiger partial charge in [-0.3, -0.25) is 4.18 Å². The lowest BCUT2D eigenvalue weighted by molar-refractivity contribution is -0.140. The highest BCUT2D eigenvalue weighted by atomic mass is 32.2. The first-order valence-corrected chi connectivity index (χ1v) is 12.3. The monoisotopic (exact) mass is 510 g/mol. The van der Waals surface area contributed by atoms with Gasteiger partial charge in [-0.1, -0.05) is 44.7 Å². The second-order valence-electron chi connectivity index (χ2n) is 7.30. The van der Waals surface area contributed by atoms with Gasteiger partial charge in [-0.2, -0.15) is 8.42 Å². The number of esters is 3. The molecule has 0 aliphatic carbocycles. The molecule has 1 aromatic carbocycles. The molecule has 0 saturated heterocycles. The van der Waals surface area contributed by atoms with Gasteiger partial charge in [0.05, 0.1) is 17.1 Å². The molecule has 1 aromatic rings. The third-order valence-electron chi connectivity index (χ3n) is 4.03. The van der Waals surface area contributed by atoms with Gasteiger partial charge >= 0.3 is 17.9 Å². The molecular formula is C25H34O9S. The van der Waals surface area contributed by atoms with E-state index in [0.717, 1.165) is 18.2 Å². The smallest absolute Gasteiger partial charge is 0.338 e. The Kier molecular flexibility index (Phi) is 14.9. The average Bonchev–Trinajstić information content (AvgIpc) is 2.83. The molecule has 0 saturated carbocycles. The fourth-order valence-corrected chi connectivity index (χ4v) is 2.79. The van der Waals surface area contributed by atoms with Crippen LogP contribution < -0.4 is 0 Å². The molecule has 0 unspecified atom stereocenters. The van der Waals surface area contributed by atoms with Crippen molar-refractivity contribution in [3.63, 3.8) is 0 Å². The largest absolute Gasteiger partial charge is 0.462 e. The van der Waals surface area contributed by atoms with Gasteiger partial charge in [0.1, 0.15) is 19.5 Å². The average molecular weight is 511 g/mol. The highest BCUT2D eigenvalue weighted by Crippen LogP contribution is 2.13. The molecule has 0 heterocycles. The molecule has 0 aliphatic rings. The number of aryl methyl sites for hydroxylation is 1. The minimum absolute atomic E-state index is 0.0735. The lowest BCUT2D eigenvalue weighted by atomic mass is 10.2. The van der Waals surface area contributed by atoms with Crippen LogP contribution in [0.4, 0.5) is 0 Å². The first-order valence-electron chi connectivity index (χ1n) is 10.9. The zero-order chi connectivity index (χ0) is 27.0. The molecule has 0 fully saturated rings. The van der Waals surface area contributed by atoms with E-state index >= 15 is 0 Å². The van der Waals surface area contributed by atoms with E-state index in [2.05, 4.69) is 13.2 Å². The predicted octanol–water partition coefficient (Wildman–Crippen LogP) is 4.17. The van der Waals surface area contributed by atoms with Gasteiger partial charge < -0.3 is 14.2 Å². The van der Waals surface area contributed by atoms with E-state index in [1.54, 1.807) is 19.1 Å². The van der Waals surface area contributed by atoms with Crippen LogP contribution in [0.5, 0.6) is 0 Å². The summed E-state index contributed by atoms with van der Waals surface area (Å²) in [5, 5.41) is 0. The molecule has 0 N–H and O–H groups in total. The van der Waals surface area contributed by atoms with E-state index in [9.17, 15) is 22.8 Å². The fraction of sp³-hybridized carbons (Fsp3) is 0.400. The number of carbonyl (C=O) groups excluding carboxylic acids is 3. The van der Waals surface area contributed by atoms with E-state index in [4.69, 9.17) is 18.4 Å². The molecule has 10 heteroatoms. The topological polar surface area (TPSA) is 122 Å². The third kappa shape index (κ3) is 13.3. The summed E-state index contributed by atoms with van der Waals surface area (Å²) in [4.78, 5) is 33.6. The van der Waals surface area contributed by atoms with Crippen LogP contribution in [-0.2, 0) is 42.9 Å². The molecule has 194 valence electrons. The van der Waals surface area contributed by atoms with Crippen molar-refractivity contribution in [1.29, 1.82) is 0 Å². The summed E-state index contributed by atoms with van der Waals surface area (Å²) in [5.41, 5.74) is 1.83. The van der Waals surface area contributed by atoms with Gasteiger partial charge in [0.25, 0.3) is 10.1 Å². The fourth-order valence-electron chi connectivity index (χ4n) is 1.90. The van der Waals surface area contributed by atoms with E-state index < -0.39 is 28.0 Å². The Balaban J connectivity index is 0.000000672. The summed E-state index contributed by atoms with van der Waals surface area (Å²) in [6, 6.07) is 6.28. The maximum atomic E-state index is 11.7. The van der Waals surface area contributed by atoms with Crippen LogP contribution in [0.25, 0.3) is 0 Å². The second-order valence-corrected chi connectivity index (χ2v) is 8.92. The number of hydrogen-bond donors (Lipinski definition) is 0. The molecule has 0 atom stereocenters. The predicted molar refractivity (Wildman–Crippen MR) is 131 cm³/mol. The summed E-state index contributed by atoms with van der Waals surface area (Å²) < 4.78 is 42.6. The van der Waals surface area contributed by atoms with E-state index in [0.29, 0.717) is 18.6 Å². The van der Waals surface area contributed by atoms with Crippen LogP contribution in [0.15, 0.2) is 65.3 Å². The van der Waals surface area contributed by atoms with Crippen LogP contribution >= 0.6 is 0 Å². The van der Waals surface area contributed by atoms with Gasteiger partial charge in [-0.05, 0) is 45.7 Å². The van der Waals surface area contributed by atoms with Crippen LogP contribution in [-0.4, -0.2) is 46.1 Å². The Morgan fingerprint density at radius 3 is 1.97 bits per heavy atom. The van der Waals surface area contributed by atoms with Crippen molar-refractivity contribution in [2.45, 2.75) is 52.4 Å². The minimum atomic E-state index is -3.81. The molecule has 9 nitrogen and oxygen atoms in total. The Morgan fingerprint density at radius 1 is 0.886 bits per heavy atom. The van der Waals surface area contributed by atoms with E-state index in [-0.39, 0.29) is 29.3 Å². The Bertz CT molecular complexity index is 1020. The second kappa shape index (κ2) is 16.4. The SMILES string of the molecule is C=C(C)C(=O)OCCOS(=O)(=O)c1ccc(C)cc1.C=C(CC)C(=O)OC=C(C)C(=O)OCCC. The highest BCUT2D eigenvalue weighted by Gasteiger charge is 2.15. The number of ether oxygens (including phenoxy) is 3. The van der Waals surface area contributed by atoms with Crippen LogP contribution in [0.3, 0.4) is 0 Å². The molecule has 0 radical (unpaired) electrons. The lowest BCUT2D eigenvalue weighted by Crippen LogP contribution is -2.14. The van der Waals surface area contributed by atoms with Crippen LogP contribution in [0.1, 0.15) is 46.1 Å². The molecule has 0 spiro atoms. The Labute approximate surface area is 207 Å². The van der Waals surface area contributed by atoms with Gasteiger partial charge in [0.15, 0.2) is 0 Å². The summed E-state index contributed by atoms with van der Waals surface area (Å²) in [5.74, 6) is -1.57. The van der Waals surface area contributed by atoms with Crippen molar-refractivity contribution < 1.29 is 41.2 Å². The molecular weight excluding hydrogens is 476 g/mol. The molecule has 0 amide bonds. The highest BCUT2D eigenvalue weighted by molar-refractivity contribution is 7.86. The maximum absolute atomic E-state index is 11.7. The zero-order valence-electron chi connectivity index (χ0n) is 20.9. The lowest BCUT2D eigenvalue weighted by Gasteiger charge is -2.07. The van der Waals surface area contributed by atoms with Crippen molar-refractivity contribution in [1.82, 2.24) is 0 Å². The third-order valence-corrected chi connectivity index (χ3v) is 5.36. The van der Waals surface area contributed by atoms with Gasteiger partial charge in [0.2, 0.25) is 0 Å². The normalized spacial score (nSPS) is 10.9. The molecule has 35 heavy (non-hydrogen) atoms. The number of benzene rings is 1. The summed E-state index contributed by atoms with van der Waals surface area (Å²) in [7, 11) is -3.81. The van der Waals surface area contributed by atoms with Crippen LogP contribution in [0, 0.1) is 6.92 Å². The number of carbonyl (C=O) groups is 3. The summed E-state index contributed by atoms with van der Waals surface area (Å²) in [6.07, 6.45) is 2.37. The first-order chi connectivity index (χ1) is 16.3. The molecule has 0 aliphatic heterocycles. The number of hydrogen-bond acceptors (Lipinski definition) is 9. The Hall–Kier alpha value is -3.24. The van der Waals surface area contributed by atoms with E-state index in [1.807, 2.05) is 13.8 Å². The summed E-state index contributed by atoms with van der Waals surface area (Å²) in [6.45, 7) is 15.5. The minimum Gasteiger partial charge on any atom is -0.462 e. The quantitative estimate of drug-likeness (QED) is 0.102. The van der Waals surface area contributed by atoms with Crippen LogP contribution in [0.2, 0.25) is 0 Å². The molecule has 0 bridgehead atoms. The van der Waals surface area contributed by atoms with Crippen molar-refractivity contribution >= 4 is 28.0 Å². The maximum Gasteiger partial charge on any atom is 0.338 e. The van der Waals surface area contributed by atoms with Gasteiger partial charge in [-0.15, -0.1) is 0 Å². The molecule has 1 rings (SSSR count). The van der Waals surface area contributed by atoms with E-state index in [1.165, 1.54) is 26.0 Å². The van der Waals surface area contributed by atoms with Crippen molar-refractivity contribution in [3.8, 4) is 0 Å². The van der Waals surface area contributed by atoms with Gasteiger partial charge in [-0.25, -0.2) is 14.4 Å². The Morgan fingerprint density at radius 2 is 1.46 bits per heavy atom. The first kappa shape index (κ1) is 31.8. The van der Waals surface area contributed by atoms with Gasteiger partial charge in [0, 0.05) is 11.1 Å². The zero-order valence-corrected chi connectivity index (χ0v) is 21.7. The van der Waals surface area contributed by atoms with Crippen molar-refractivity contribution in [3.05, 3.63) is 66.0 Å². The summed E-state index contributed by atoms with van der Waals surface area (Å²) >= 11 is 0. The van der Waals surface area contributed by atoms with Crippen molar-refractivity contribution in [2.75, 3.05) is 19.8 Å². The molecule has 0 aromatic heterocycles. The van der Waals surface area contributed by atoms with Crippen molar-refractivity contribution in [2.24, 2.45) is 0 Å².